The van der Waals surface area contributed by atoms with Crippen molar-refractivity contribution in [1.82, 2.24) is 4.90 Å². The molecule has 1 aromatic carbocycles. The first kappa shape index (κ1) is 15.5. The number of fused-ring (bicyclic) bond motifs is 4. The van der Waals surface area contributed by atoms with E-state index in [1.54, 1.807) is 21.3 Å². The van der Waals surface area contributed by atoms with Gasteiger partial charge in [0.05, 0.1) is 21.3 Å². The molecule has 3 unspecified atom stereocenters. The van der Waals surface area contributed by atoms with Crippen LogP contribution >= 0.6 is 0 Å². The zero-order valence-corrected chi connectivity index (χ0v) is 14.5. The zero-order valence-electron chi connectivity index (χ0n) is 14.5. The molecule has 1 saturated heterocycles. The van der Waals surface area contributed by atoms with Crippen LogP contribution in [-0.2, 0) is 6.42 Å². The smallest absolute Gasteiger partial charge is 0.203 e. The lowest BCUT2D eigenvalue weighted by molar-refractivity contribution is 0.0000810. The lowest BCUT2D eigenvalue weighted by atomic mass is 9.59. The highest BCUT2D eigenvalue weighted by molar-refractivity contribution is 5.61. The summed E-state index contributed by atoms with van der Waals surface area (Å²) in [6.07, 6.45) is 2.26. The largest absolute Gasteiger partial charge is 0.493 e. The molecule has 4 nitrogen and oxygen atoms in total. The van der Waals surface area contributed by atoms with Gasteiger partial charge in [-0.3, -0.25) is 4.90 Å². The van der Waals surface area contributed by atoms with Crippen molar-refractivity contribution in [2.24, 2.45) is 11.3 Å². The third-order valence-electron chi connectivity index (χ3n) is 5.95. The van der Waals surface area contributed by atoms with Crippen LogP contribution in [-0.4, -0.2) is 39.8 Å². The molecule has 122 valence electrons. The lowest BCUT2D eigenvalue weighted by Crippen LogP contribution is -2.49. The highest BCUT2D eigenvalue weighted by atomic mass is 16.5. The van der Waals surface area contributed by atoms with Gasteiger partial charge in [-0.2, -0.15) is 0 Å². The Balaban J connectivity index is 2.26. The van der Waals surface area contributed by atoms with Crippen molar-refractivity contribution in [1.29, 1.82) is 0 Å². The van der Waals surface area contributed by atoms with E-state index in [1.807, 2.05) is 0 Å². The number of methoxy groups -OCH3 is 3. The normalized spacial score (nSPS) is 30.6. The van der Waals surface area contributed by atoms with E-state index in [4.69, 9.17) is 14.2 Å². The molecule has 0 spiro atoms. The van der Waals surface area contributed by atoms with E-state index in [0.717, 1.165) is 24.5 Å². The monoisotopic (exact) mass is 305 g/mol. The molecule has 22 heavy (non-hydrogen) atoms. The molecule has 2 bridgehead atoms. The van der Waals surface area contributed by atoms with Gasteiger partial charge in [0.1, 0.15) is 0 Å². The van der Waals surface area contributed by atoms with Gasteiger partial charge >= 0.3 is 0 Å². The van der Waals surface area contributed by atoms with Crippen molar-refractivity contribution in [3.8, 4) is 17.2 Å². The maximum absolute atomic E-state index is 5.73. The van der Waals surface area contributed by atoms with Crippen molar-refractivity contribution in [3.05, 3.63) is 17.2 Å². The minimum absolute atomic E-state index is 0.317. The molecule has 0 aromatic heterocycles. The van der Waals surface area contributed by atoms with Crippen LogP contribution < -0.4 is 14.2 Å². The van der Waals surface area contributed by atoms with Gasteiger partial charge in [0.15, 0.2) is 11.5 Å². The summed E-state index contributed by atoms with van der Waals surface area (Å²) in [5.41, 5.74) is 2.94. The average Bonchev–Trinajstić information content (AvgIpc) is 2.51. The first-order chi connectivity index (χ1) is 10.5. The maximum Gasteiger partial charge on any atom is 0.203 e. The summed E-state index contributed by atoms with van der Waals surface area (Å²) >= 11 is 0. The van der Waals surface area contributed by atoms with E-state index in [1.165, 1.54) is 17.5 Å². The maximum atomic E-state index is 5.73. The Morgan fingerprint density at radius 1 is 1.14 bits per heavy atom. The molecule has 1 aliphatic carbocycles. The van der Waals surface area contributed by atoms with E-state index in [0.29, 0.717) is 23.1 Å². The SMILES string of the molecule is COc1cc2c(c(OC)c1OC)CC1(C)CCN(C)C2C1C. The van der Waals surface area contributed by atoms with Crippen molar-refractivity contribution in [2.75, 3.05) is 34.9 Å². The van der Waals surface area contributed by atoms with Gasteiger partial charge in [0, 0.05) is 11.6 Å². The summed E-state index contributed by atoms with van der Waals surface area (Å²) in [5, 5.41) is 0. The number of hydrogen-bond acceptors (Lipinski definition) is 4. The Morgan fingerprint density at radius 3 is 2.41 bits per heavy atom. The highest BCUT2D eigenvalue weighted by Crippen LogP contribution is 2.57. The van der Waals surface area contributed by atoms with Gasteiger partial charge in [-0.15, -0.1) is 0 Å². The average molecular weight is 305 g/mol. The number of ether oxygens (including phenoxy) is 3. The number of hydrogen-bond donors (Lipinski definition) is 0. The molecule has 0 amide bonds. The van der Waals surface area contributed by atoms with E-state index >= 15 is 0 Å². The van der Waals surface area contributed by atoms with Crippen molar-refractivity contribution in [2.45, 2.75) is 32.7 Å². The fourth-order valence-corrected chi connectivity index (χ4v) is 4.40. The standard InChI is InChI=1S/C18H27NO3/c1-11-15-12-9-14(20-4)17(22-6)16(21-5)13(12)10-18(11,2)7-8-19(15)3/h9,11,15H,7-8,10H2,1-6H3. The predicted molar refractivity (Wildman–Crippen MR) is 87.1 cm³/mol. The topological polar surface area (TPSA) is 30.9 Å². The minimum Gasteiger partial charge on any atom is -0.493 e. The highest BCUT2D eigenvalue weighted by Gasteiger charge is 2.48. The van der Waals surface area contributed by atoms with Gasteiger partial charge in [-0.25, -0.2) is 0 Å². The molecule has 1 fully saturated rings. The number of nitrogens with zero attached hydrogens (tertiary/aromatic N) is 1. The molecule has 0 radical (unpaired) electrons. The molecule has 0 saturated carbocycles. The second-order valence-corrected chi connectivity index (χ2v) is 7.01. The van der Waals surface area contributed by atoms with Crippen LogP contribution in [0.2, 0.25) is 0 Å². The molecule has 3 rings (SSSR count). The van der Waals surface area contributed by atoms with Crippen LogP contribution in [0.15, 0.2) is 6.07 Å². The summed E-state index contributed by atoms with van der Waals surface area (Å²) in [6, 6.07) is 2.57. The Labute approximate surface area is 133 Å². The Bertz CT molecular complexity index is 586. The van der Waals surface area contributed by atoms with Crippen LogP contribution in [0.1, 0.15) is 37.4 Å². The Kier molecular flexibility index (Phi) is 3.76. The van der Waals surface area contributed by atoms with Gasteiger partial charge in [0.2, 0.25) is 5.75 Å². The van der Waals surface area contributed by atoms with Gasteiger partial charge in [-0.05, 0) is 49.4 Å². The lowest BCUT2D eigenvalue weighted by Gasteiger charge is -2.53. The molecule has 1 aliphatic heterocycles. The number of likely N-dealkylation sites (tertiary alicyclic amines) is 1. The van der Waals surface area contributed by atoms with Crippen LogP contribution in [0.3, 0.4) is 0 Å². The van der Waals surface area contributed by atoms with Crippen molar-refractivity contribution < 1.29 is 14.2 Å². The van der Waals surface area contributed by atoms with E-state index in [-0.39, 0.29) is 0 Å². The summed E-state index contributed by atoms with van der Waals surface area (Å²) < 4.78 is 16.9. The minimum atomic E-state index is 0.317. The number of rotatable bonds is 3. The summed E-state index contributed by atoms with van der Waals surface area (Å²) in [6.45, 7) is 5.94. The van der Waals surface area contributed by atoms with Crippen molar-refractivity contribution in [3.63, 3.8) is 0 Å². The van der Waals surface area contributed by atoms with Crippen molar-refractivity contribution >= 4 is 0 Å². The fourth-order valence-electron chi connectivity index (χ4n) is 4.40. The summed E-state index contributed by atoms with van der Waals surface area (Å²) in [5.74, 6) is 2.92. The van der Waals surface area contributed by atoms with Crippen LogP contribution in [0.25, 0.3) is 0 Å². The van der Waals surface area contributed by atoms with Gasteiger partial charge in [0.25, 0.3) is 0 Å². The van der Waals surface area contributed by atoms with Gasteiger partial charge < -0.3 is 14.2 Å². The summed E-state index contributed by atoms with van der Waals surface area (Å²) in [4.78, 5) is 2.47. The van der Waals surface area contributed by atoms with Crippen LogP contribution in [0.5, 0.6) is 17.2 Å². The zero-order chi connectivity index (χ0) is 16.1. The summed E-state index contributed by atoms with van der Waals surface area (Å²) in [7, 11) is 7.30. The predicted octanol–water partition coefficient (Wildman–Crippen LogP) is 3.29. The third kappa shape index (κ3) is 2.00. The quantitative estimate of drug-likeness (QED) is 0.857. The molecular formula is C18H27NO3. The fraction of sp³-hybridized carbons (Fsp3) is 0.667. The Hall–Kier alpha value is -1.42. The van der Waals surface area contributed by atoms with Crippen LogP contribution in [0, 0.1) is 11.3 Å². The second kappa shape index (κ2) is 5.34. The number of piperidine rings is 1. The van der Waals surface area contributed by atoms with E-state index in [9.17, 15) is 0 Å². The van der Waals surface area contributed by atoms with Crippen LogP contribution in [0.4, 0.5) is 0 Å². The van der Waals surface area contributed by atoms with Gasteiger partial charge in [-0.1, -0.05) is 13.8 Å². The molecule has 0 N–H and O–H groups in total. The molecule has 2 aliphatic rings. The third-order valence-corrected chi connectivity index (χ3v) is 5.95. The second-order valence-electron chi connectivity index (χ2n) is 7.01. The molecule has 4 heteroatoms. The van der Waals surface area contributed by atoms with E-state index in [2.05, 4.69) is 31.9 Å². The first-order valence-corrected chi connectivity index (χ1v) is 7.98. The molecule has 1 heterocycles. The molecule has 3 atom stereocenters. The number of benzene rings is 1. The van der Waals surface area contributed by atoms with E-state index < -0.39 is 0 Å². The molecular weight excluding hydrogens is 278 g/mol. The molecule has 1 aromatic rings. The first-order valence-electron chi connectivity index (χ1n) is 7.98. The Morgan fingerprint density at radius 2 is 1.82 bits per heavy atom.